The smallest absolute Gasteiger partial charge is 0.417 e. The summed E-state index contributed by atoms with van der Waals surface area (Å²) in [4.78, 5) is 32.6. The van der Waals surface area contributed by atoms with Gasteiger partial charge in [0.05, 0.1) is 36.0 Å². The maximum Gasteiger partial charge on any atom is 0.417 e. The minimum Gasteiger partial charge on any atom is -0.466 e. The molecule has 0 bridgehead atoms. The van der Waals surface area contributed by atoms with Gasteiger partial charge in [-0.15, -0.1) is 0 Å². The van der Waals surface area contributed by atoms with Gasteiger partial charge in [-0.3, -0.25) is 10.1 Å². The first kappa shape index (κ1) is 22.7. The van der Waals surface area contributed by atoms with Gasteiger partial charge in [-0.1, -0.05) is 0 Å². The number of nitrogens with one attached hydrogen (secondary N) is 2. The molecule has 2 fully saturated rings. The Balaban J connectivity index is 1.42. The van der Waals surface area contributed by atoms with Gasteiger partial charge in [-0.05, 0) is 12.1 Å². The van der Waals surface area contributed by atoms with Crippen LogP contribution in [0.25, 0.3) is 5.65 Å². The average molecular weight is 497 g/mol. The van der Waals surface area contributed by atoms with Gasteiger partial charge in [-0.2, -0.15) is 18.3 Å². The highest BCUT2D eigenvalue weighted by molar-refractivity contribution is 6.00. The lowest BCUT2D eigenvalue weighted by Gasteiger charge is -2.24. The van der Waals surface area contributed by atoms with Crippen molar-refractivity contribution in [3.05, 3.63) is 48.0 Å². The predicted molar refractivity (Wildman–Crippen MR) is 108 cm³/mol. The zero-order chi connectivity index (χ0) is 25.0. The number of amides is 3. The van der Waals surface area contributed by atoms with E-state index in [0.717, 1.165) is 6.07 Å². The van der Waals surface area contributed by atoms with Crippen molar-refractivity contribution in [2.45, 2.75) is 24.1 Å². The predicted octanol–water partition coefficient (Wildman–Crippen LogP) is 1.97. The van der Waals surface area contributed by atoms with Crippen LogP contribution in [0.3, 0.4) is 0 Å². The number of urea groups is 1. The monoisotopic (exact) mass is 497 g/mol. The molecule has 3 amide bonds. The summed E-state index contributed by atoms with van der Waals surface area (Å²) in [5, 5.41) is 8.93. The molecule has 3 aromatic heterocycles. The van der Waals surface area contributed by atoms with Crippen LogP contribution in [0.5, 0.6) is 5.88 Å². The Morgan fingerprint density at radius 1 is 1.17 bits per heavy atom. The zero-order valence-corrected chi connectivity index (χ0v) is 17.6. The van der Waals surface area contributed by atoms with Gasteiger partial charge >= 0.3 is 18.1 Å². The summed E-state index contributed by atoms with van der Waals surface area (Å²) in [7, 11) is 0. The SMILES string of the molecule is O=C1NCC(c2cc(N3CC(Oc4ccc(C(F)(F)F)cn4)C(F)(F)C3)c3nccn3n2)C(=O)N1. The second-order valence-corrected chi connectivity index (χ2v) is 8.03. The third-order valence-electron chi connectivity index (χ3n) is 5.66. The minimum atomic E-state index is -4.62. The van der Waals surface area contributed by atoms with Gasteiger partial charge in [0.25, 0.3) is 0 Å². The molecule has 2 atom stereocenters. The molecule has 0 aromatic carbocycles. The molecule has 0 aliphatic carbocycles. The number of carbonyl (C=O) groups is 2. The summed E-state index contributed by atoms with van der Waals surface area (Å²) in [5.74, 6) is -5.20. The molecule has 3 aromatic rings. The van der Waals surface area contributed by atoms with Gasteiger partial charge in [0.2, 0.25) is 11.8 Å². The second kappa shape index (κ2) is 8.02. The van der Waals surface area contributed by atoms with Gasteiger partial charge in [-0.25, -0.2) is 28.1 Å². The van der Waals surface area contributed by atoms with E-state index in [0.29, 0.717) is 12.3 Å². The summed E-state index contributed by atoms with van der Waals surface area (Å²) in [6.07, 6.45) is -2.93. The number of aromatic nitrogens is 4. The third-order valence-corrected chi connectivity index (χ3v) is 5.66. The van der Waals surface area contributed by atoms with E-state index >= 15 is 0 Å². The summed E-state index contributed by atoms with van der Waals surface area (Å²) in [6, 6.07) is 2.38. The molecule has 15 heteroatoms. The molecular formula is C20H16F5N7O3. The van der Waals surface area contributed by atoms with Crippen molar-refractivity contribution >= 4 is 23.3 Å². The lowest BCUT2D eigenvalue weighted by molar-refractivity contribution is -0.138. The highest BCUT2D eigenvalue weighted by Crippen LogP contribution is 2.36. The number of hydrogen-bond acceptors (Lipinski definition) is 7. The number of fused-ring (bicyclic) bond motifs is 1. The lowest BCUT2D eigenvalue weighted by Crippen LogP contribution is -2.51. The first-order valence-electron chi connectivity index (χ1n) is 10.3. The van der Waals surface area contributed by atoms with E-state index in [9.17, 15) is 31.5 Å². The maximum absolute atomic E-state index is 14.9. The molecule has 2 unspecified atom stereocenters. The number of hydrogen-bond donors (Lipinski definition) is 2. The standard InChI is InChI=1S/C20H16F5N7O3/c21-19(22)9-31(8-14(19)35-15-2-1-10(6-27-15)20(23,24)25)13-5-12(30-32-4-3-26-16(13)32)11-7-28-18(34)29-17(11)33/h1-6,11,14H,7-9H2,(H2,28,29,33,34). The van der Waals surface area contributed by atoms with Gasteiger partial charge in [0.1, 0.15) is 0 Å². The van der Waals surface area contributed by atoms with Crippen LogP contribution in [0.1, 0.15) is 17.2 Å². The number of halogens is 5. The van der Waals surface area contributed by atoms with Crippen molar-refractivity contribution in [2.24, 2.45) is 0 Å². The van der Waals surface area contributed by atoms with Crippen molar-refractivity contribution in [1.82, 2.24) is 30.2 Å². The van der Waals surface area contributed by atoms with Gasteiger partial charge in [0, 0.05) is 31.2 Å². The van der Waals surface area contributed by atoms with Crippen molar-refractivity contribution in [3.63, 3.8) is 0 Å². The normalized spacial score (nSPS) is 22.3. The largest absolute Gasteiger partial charge is 0.466 e. The summed E-state index contributed by atoms with van der Waals surface area (Å²) < 4.78 is 74.5. The van der Waals surface area contributed by atoms with Crippen LogP contribution < -0.4 is 20.3 Å². The fourth-order valence-corrected chi connectivity index (χ4v) is 3.92. The molecule has 0 saturated carbocycles. The van der Waals surface area contributed by atoms with Crippen molar-refractivity contribution in [3.8, 4) is 5.88 Å². The first-order chi connectivity index (χ1) is 16.5. The molecule has 5 rings (SSSR count). The number of nitrogens with zero attached hydrogens (tertiary/aromatic N) is 5. The van der Waals surface area contributed by atoms with Crippen LogP contribution in [0.15, 0.2) is 36.8 Å². The van der Waals surface area contributed by atoms with E-state index in [-0.39, 0.29) is 36.0 Å². The van der Waals surface area contributed by atoms with E-state index in [4.69, 9.17) is 4.74 Å². The third kappa shape index (κ3) is 4.28. The summed E-state index contributed by atoms with van der Waals surface area (Å²) in [6.45, 7) is -1.15. The number of ether oxygens (including phenoxy) is 1. The molecule has 184 valence electrons. The first-order valence-corrected chi connectivity index (χ1v) is 10.3. The Labute approximate surface area is 193 Å². The molecule has 35 heavy (non-hydrogen) atoms. The van der Waals surface area contributed by atoms with Gasteiger partial charge in [0.15, 0.2) is 11.8 Å². The quantitative estimate of drug-likeness (QED) is 0.530. The maximum atomic E-state index is 14.9. The number of carbonyl (C=O) groups excluding carboxylic acids is 2. The number of imidazole rings is 1. The summed E-state index contributed by atoms with van der Waals surface area (Å²) in [5.41, 5.74) is -0.312. The van der Waals surface area contributed by atoms with Crippen LogP contribution in [-0.2, 0) is 11.0 Å². The fraction of sp³-hybridized carbons (Fsp3) is 0.350. The van der Waals surface area contributed by atoms with Crippen molar-refractivity contribution in [1.29, 1.82) is 0 Å². The Morgan fingerprint density at radius 2 is 1.97 bits per heavy atom. The van der Waals surface area contributed by atoms with E-state index in [2.05, 4.69) is 25.7 Å². The number of pyridine rings is 1. The Kier molecular flexibility index (Phi) is 5.21. The average Bonchev–Trinajstić information content (AvgIpc) is 3.37. The van der Waals surface area contributed by atoms with Crippen LogP contribution >= 0.6 is 0 Å². The molecule has 0 radical (unpaired) electrons. The van der Waals surface area contributed by atoms with Crippen LogP contribution in [0.4, 0.5) is 32.4 Å². The number of rotatable bonds is 4. The van der Waals surface area contributed by atoms with E-state index in [1.165, 1.54) is 27.9 Å². The molecular weight excluding hydrogens is 481 g/mol. The van der Waals surface area contributed by atoms with Crippen molar-refractivity contribution < 1.29 is 36.3 Å². The molecule has 0 spiro atoms. The number of alkyl halides is 5. The Morgan fingerprint density at radius 3 is 2.66 bits per heavy atom. The Bertz CT molecular complexity index is 1290. The van der Waals surface area contributed by atoms with E-state index in [1.807, 2.05) is 0 Å². The fourth-order valence-electron chi connectivity index (χ4n) is 3.92. The van der Waals surface area contributed by atoms with Crippen molar-refractivity contribution in [2.75, 3.05) is 24.5 Å². The molecule has 5 heterocycles. The second-order valence-electron chi connectivity index (χ2n) is 8.03. The highest BCUT2D eigenvalue weighted by atomic mass is 19.4. The zero-order valence-electron chi connectivity index (χ0n) is 17.6. The lowest BCUT2D eigenvalue weighted by atomic mass is 10.0. The van der Waals surface area contributed by atoms with E-state index in [1.54, 1.807) is 0 Å². The highest BCUT2D eigenvalue weighted by Gasteiger charge is 2.51. The molecule has 2 aliphatic heterocycles. The molecule has 2 aliphatic rings. The molecule has 2 N–H and O–H groups in total. The topological polar surface area (TPSA) is 114 Å². The molecule has 10 nitrogen and oxygen atoms in total. The number of anilines is 1. The van der Waals surface area contributed by atoms with Crippen LogP contribution in [0, 0.1) is 0 Å². The number of imide groups is 1. The van der Waals surface area contributed by atoms with Gasteiger partial charge < -0.3 is 15.0 Å². The van der Waals surface area contributed by atoms with E-state index < -0.39 is 48.2 Å². The molecule has 2 saturated heterocycles. The Hall–Kier alpha value is -4.04. The van der Waals surface area contributed by atoms with Crippen LogP contribution in [-0.4, -0.2) is 63.2 Å². The summed E-state index contributed by atoms with van der Waals surface area (Å²) >= 11 is 0. The minimum absolute atomic E-state index is 0.0290. The van der Waals surface area contributed by atoms with Crippen LogP contribution in [0.2, 0.25) is 0 Å².